The molecule has 12 nitrogen and oxygen atoms in total. The number of nitrogens with zero attached hydrogens (tertiary/aromatic N) is 4. The third-order valence-corrected chi connectivity index (χ3v) is 9.19. The molecule has 5 rings (SSSR count). The fourth-order valence-corrected chi connectivity index (χ4v) is 6.47. The van der Waals surface area contributed by atoms with E-state index in [1.807, 2.05) is 13.1 Å². The normalized spacial score (nSPS) is 16.2. The summed E-state index contributed by atoms with van der Waals surface area (Å²) in [5, 5.41) is 12.5. The van der Waals surface area contributed by atoms with Gasteiger partial charge in [0.2, 0.25) is 15.9 Å². The lowest BCUT2D eigenvalue weighted by molar-refractivity contribution is -0.116. The van der Waals surface area contributed by atoms with Gasteiger partial charge in [-0.15, -0.1) is 0 Å². The van der Waals surface area contributed by atoms with Crippen molar-refractivity contribution in [2.75, 3.05) is 61.8 Å². The molecule has 0 radical (unpaired) electrons. The minimum absolute atomic E-state index is 0.0497. The van der Waals surface area contributed by atoms with Gasteiger partial charge in [-0.05, 0) is 37.4 Å². The fourth-order valence-electron chi connectivity index (χ4n) is 5.02. The highest BCUT2D eigenvalue weighted by Gasteiger charge is 2.32. The molecule has 5 N–H and O–H groups in total. The zero-order valence-electron chi connectivity index (χ0n) is 23.0. The van der Waals surface area contributed by atoms with E-state index < -0.39 is 32.5 Å². The van der Waals surface area contributed by atoms with Crippen molar-refractivity contribution in [2.45, 2.75) is 24.3 Å². The summed E-state index contributed by atoms with van der Waals surface area (Å²) in [7, 11) is -2.19. The Kier molecular flexibility index (Phi) is 8.54. The van der Waals surface area contributed by atoms with Crippen LogP contribution < -0.4 is 21.3 Å². The molecule has 2 aliphatic rings. The van der Waals surface area contributed by atoms with Crippen molar-refractivity contribution < 1.29 is 26.8 Å². The number of benzene rings is 2. The number of nitrogens with two attached hydrogens (primary N) is 1. The van der Waals surface area contributed by atoms with Gasteiger partial charge < -0.3 is 26.2 Å². The maximum Gasteiger partial charge on any atom is 0.258 e. The van der Waals surface area contributed by atoms with Gasteiger partial charge >= 0.3 is 0 Å². The quantitative estimate of drug-likeness (QED) is 0.304. The van der Waals surface area contributed by atoms with Crippen LogP contribution in [0.5, 0.6) is 0 Å². The molecular weight excluding hydrogens is 570 g/mol. The molecule has 0 atom stereocenters. The number of piperazine rings is 1. The van der Waals surface area contributed by atoms with Crippen molar-refractivity contribution in [3.63, 3.8) is 0 Å². The summed E-state index contributed by atoms with van der Waals surface area (Å²) in [6.45, 7) is 3.36. The molecule has 2 amide bonds. The maximum absolute atomic E-state index is 13.8. The van der Waals surface area contributed by atoms with E-state index in [0.29, 0.717) is 23.0 Å². The average Bonchev–Trinajstić information content (AvgIpc) is 3.34. The molecule has 3 aromatic rings. The Bertz CT molecular complexity index is 1590. The highest BCUT2D eigenvalue weighted by Crippen LogP contribution is 2.30. The van der Waals surface area contributed by atoms with E-state index in [0.717, 1.165) is 48.3 Å². The van der Waals surface area contributed by atoms with E-state index in [-0.39, 0.29) is 49.8 Å². The molecule has 0 spiro atoms. The summed E-state index contributed by atoms with van der Waals surface area (Å²) in [5.41, 5.74) is 7.95. The Balaban J connectivity index is 1.38. The number of likely N-dealkylation sites (N-methyl/N-ethyl adjacent to an activating group) is 1. The van der Waals surface area contributed by atoms with Gasteiger partial charge in [0.1, 0.15) is 11.6 Å². The zero-order valence-corrected chi connectivity index (χ0v) is 23.8. The van der Waals surface area contributed by atoms with Gasteiger partial charge in [0, 0.05) is 81.7 Å². The number of anilines is 3. The molecule has 2 aromatic carbocycles. The van der Waals surface area contributed by atoms with Crippen LogP contribution >= 0.6 is 0 Å². The van der Waals surface area contributed by atoms with Crippen molar-refractivity contribution in [3.8, 4) is 0 Å². The number of carbonyl (C=O) groups excluding carboxylic acids is 2. The van der Waals surface area contributed by atoms with E-state index in [1.54, 1.807) is 12.1 Å². The smallest absolute Gasteiger partial charge is 0.258 e. The Labute approximate surface area is 241 Å². The van der Waals surface area contributed by atoms with Gasteiger partial charge in [-0.2, -0.15) is 9.40 Å². The van der Waals surface area contributed by atoms with Crippen LogP contribution in [0.15, 0.2) is 41.3 Å². The lowest BCUT2D eigenvalue weighted by Gasteiger charge is -2.34. The minimum Gasteiger partial charge on any atom is -0.369 e. The first-order valence-electron chi connectivity index (χ1n) is 13.5. The lowest BCUT2D eigenvalue weighted by atomic mass is 10.1. The molecule has 1 fully saturated rings. The topological polar surface area (TPSA) is 157 Å². The number of H-pyrrole nitrogens is 1. The van der Waals surface area contributed by atoms with Crippen molar-refractivity contribution in [1.29, 1.82) is 0 Å². The SMILES string of the molecule is CN1CCN(c2ccc(C(=O)Nc3n[nH]c4c3CN(S(=O)(=O)c3cc(F)cc(F)c3)CC4)c(NC(=O)CCN)c2)CC1. The molecule has 42 heavy (non-hydrogen) atoms. The standard InChI is InChI=1S/C27H32F2N8O4S/c1-35-8-10-36(11-9-35)19-2-3-21(24(15-19)31-25(38)4-6-30)27(39)32-26-22-16-37(7-5-23(22)33-34-26)42(40,41)20-13-17(28)12-18(29)14-20/h2-3,12-15H,4-11,16,30H2,1H3,(H,31,38)(H2,32,33,34,39). The Morgan fingerprint density at radius 3 is 2.43 bits per heavy atom. The number of carbonyl (C=O) groups is 2. The molecule has 1 aromatic heterocycles. The van der Waals surface area contributed by atoms with Gasteiger partial charge in [-0.25, -0.2) is 17.2 Å². The van der Waals surface area contributed by atoms with E-state index in [1.165, 1.54) is 0 Å². The van der Waals surface area contributed by atoms with E-state index in [4.69, 9.17) is 5.73 Å². The first kappa shape index (κ1) is 29.6. The maximum atomic E-state index is 13.8. The number of halogens is 2. The number of sulfonamides is 1. The first-order chi connectivity index (χ1) is 20.0. The first-order valence-corrected chi connectivity index (χ1v) is 14.9. The number of aromatic nitrogens is 2. The summed E-state index contributed by atoms with van der Waals surface area (Å²) in [5.74, 6) is -2.80. The Morgan fingerprint density at radius 2 is 1.74 bits per heavy atom. The van der Waals surface area contributed by atoms with E-state index in [9.17, 15) is 26.8 Å². The predicted octanol–water partition coefficient (Wildman–Crippen LogP) is 1.73. The summed E-state index contributed by atoms with van der Waals surface area (Å²) >= 11 is 0. The van der Waals surface area contributed by atoms with Gasteiger partial charge in [0.15, 0.2) is 5.82 Å². The second kappa shape index (κ2) is 12.1. The Hall–Kier alpha value is -3.92. The van der Waals surface area contributed by atoms with Crippen LogP contribution in [-0.4, -0.2) is 86.0 Å². The highest BCUT2D eigenvalue weighted by atomic mass is 32.2. The van der Waals surface area contributed by atoms with Gasteiger partial charge in [-0.3, -0.25) is 14.7 Å². The summed E-state index contributed by atoms with van der Waals surface area (Å²) in [6, 6.07) is 7.31. The molecule has 224 valence electrons. The third kappa shape index (κ3) is 6.28. The van der Waals surface area contributed by atoms with Crippen LogP contribution in [0.3, 0.4) is 0 Å². The van der Waals surface area contributed by atoms with Crippen molar-refractivity contribution in [2.24, 2.45) is 5.73 Å². The van der Waals surface area contributed by atoms with Crippen LogP contribution in [0.2, 0.25) is 0 Å². The minimum atomic E-state index is -4.24. The number of hydrogen-bond acceptors (Lipinski definition) is 8. The van der Waals surface area contributed by atoms with Crippen LogP contribution in [-0.2, 0) is 27.8 Å². The molecule has 0 bridgehead atoms. The Morgan fingerprint density at radius 1 is 1.02 bits per heavy atom. The fraction of sp³-hybridized carbons (Fsp3) is 0.370. The molecule has 2 aliphatic heterocycles. The van der Waals surface area contributed by atoms with Gasteiger partial charge in [0.25, 0.3) is 5.91 Å². The number of amides is 2. The molecule has 0 unspecified atom stereocenters. The molecular formula is C27H32F2N8O4S. The number of aromatic amines is 1. The van der Waals surface area contributed by atoms with E-state index >= 15 is 0 Å². The second-order valence-electron chi connectivity index (χ2n) is 10.3. The lowest BCUT2D eigenvalue weighted by Crippen LogP contribution is -2.44. The summed E-state index contributed by atoms with van der Waals surface area (Å²) in [4.78, 5) is 29.8. The third-order valence-electron chi connectivity index (χ3n) is 7.37. The number of nitrogens with one attached hydrogen (secondary N) is 3. The molecule has 0 aliphatic carbocycles. The van der Waals surface area contributed by atoms with Crippen molar-refractivity contribution >= 4 is 39.0 Å². The number of rotatable bonds is 8. The predicted molar refractivity (Wildman–Crippen MR) is 153 cm³/mol. The van der Waals surface area contributed by atoms with Crippen LogP contribution in [0, 0.1) is 11.6 Å². The monoisotopic (exact) mass is 602 g/mol. The van der Waals surface area contributed by atoms with Gasteiger partial charge in [0.05, 0.1) is 16.1 Å². The van der Waals surface area contributed by atoms with Crippen molar-refractivity contribution in [3.05, 3.63) is 64.9 Å². The largest absolute Gasteiger partial charge is 0.369 e. The molecule has 0 saturated carbocycles. The van der Waals surface area contributed by atoms with Crippen LogP contribution in [0.25, 0.3) is 0 Å². The second-order valence-corrected chi connectivity index (χ2v) is 12.2. The van der Waals surface area contributed by atoms with Crippen LogP contribution in [0.1, 0.15) is 28.0 Å². The van der Waals surface area contributed by atoms with Crippen molar-refractivity contribution in [1.82, 2.24) is 19.4 Å². The molecule has 3 heterocycles. The number of hydrogen-bond donors (Lipinski definition) is 4. The highest BCUT2D eigenvalue weighted by molar-refractivity contribution is 7.89. The van der Waals surface area contributed by atoms with Crippen LogP contribution in [0.4, 0.5) is 26.0 Å². The molecule has 15 heteroatoms. The average molecular weight is 603 g/mol. The summed E-state index contributed by atoms with van der Waals surface area (Å²) < 4.78 is 55.0. The summed E-state index contributed by atoms with van der Waals surface area (Å²) in [6.07, 6.45) is 0.321. The van der Waals surface area contributed by atoms with Gasteiger partial charge in [-0.1, -0.05) is 0 Å². The van der Waals surface area contributed by atoms with E-state index in [2.05, 4.69) is 30.6 Å². The number of fused-ring (bicyclic) bond motifs is 1. The molecule has 1 saturated heterocycles. The zero-order chi connectivity index (χ0) is 30.0.